The van der Waals surface area contributed by atoms with E-state index in [2.05, 4.69) is 54.1 Å². The summed E-state index contributed by atoms with van der Waals surface area (Å²) in [5.74, 6) is 0. The molecule has 4 rings (SSSR count). The van der Waals surface area contributed by atoms with Crippen molar-refractivity contribution in [3.63, 3.8) is 0 Å². The number of rotatable bonds is 0. The third-order valence-corrected chi connectivity index (χ3v) is 3.48. The Morgan fingerprint density at radius 2 is 1.83 bits per heavy atom. The van der Waals surface area contributed by atoms with Crippen LogP contribution in [0.4, 0.5) is 0 Å². The number of nitrogens with zero attached hydrogens (tertiary/aromatic N) is 1. The molecule has 0 aliphatic rings. The summed E-state index contributed by atoms with van der Waals surface area (Å²) in [6, 6.07) is 10.6. The summed E-state index contributed by atoms with van der Waals surface area (Å²) in [6.07, 6.45) is 0. The molecule has 0 fully saturated rings. The Morgan fingerprint density at radius 3 is 2.72 bits per heavy atom. The molecule has 0 saturated heterocycles. The lowest BCUT2D eigenvalue weighted by Gasteiger charge is -1.95. The van der Waals surface area contributed by atoms with Crippen LogP contribution in [0, 0.1) is 13.8 Å². The summed E-state index contributed by atoms with van der Waals surface area (Å²) >= 11 is 0. The third kappa shape index (κ3) is 1.16. The summed E-state index contributed by atoms with van der Waals surface area (Å²) in [6.45, 7) is 4.15. The number of pyridine rings is 1. The quantitative estimate of drug-likeness (QED) is 0.478. The van der Waals surface area contributed by atoms with Crippen molar-refractivity contribution in [2.24, 2.45) is 0 Å². The van der Waals surface area contributed by atoms with Gasteiger partial charge in [0, 0.05) is 11.1 Å². The fourth-order valence-corrected chi connectivity index (χ4v) is 2.58. The summed E-state index contributed by atoms with van der Waals surface area (Å²) in [7, 11) is 0. The molecule has 0 spiro atoms. The van der Waals surface area contributed by atoms with Crippen LogP contribution in [0.1, 0.15) is 11.3 Å². The molecule has 0 unspecified atom stereocenters. The van der Waals surface area contributed by atoms with Gasteiger partial charge in [0.2, 0.25) is 0 Å². The van der Waals surface area contributed by atoms with Crippen LogP contribution in [-0.4, -0.2) is 15.0 Å². The minimum Gasteiger partial charge on any atom is -0.356 e. The summed E-state index contributed by atoms with van der Waals surface area (Å²) in [5.41, 5.74) is 7.82. The molecule has 88 valence electrons. The van der Waals surface area contributed by atoms with Crippen molar-refractivity contribution >= 4 is 33.0 Å². The van der Waals surface area contributed by atoms with E-state index in [1.54, 1.807) is 0 Å². The van der Waals surface area contributed by atoms with Gasteiger partial charge in [-0.2, -0.15) is 0 Å². The van der Waals surface area contributed by atoms with Gasteiger partial charge in [-0.25, -0.2) is 4.98 Å². The zero-order valence-electron chi connectivity index (χ0n) is 10.3. The maximum Gasteiger partial charge on any atom is 0.113 e. The second kappa shape index (κ2) is 3.13. The molecular weight excluding hydrogens is 222 g/mol. The molecule has 3 aromatic heterocycles. The van der Waals surface area contributed by atoms with Crippen LogP contribution in [0.25, 0.3) is 33.0 Å². The number of H-pyrrole nitrogens is 2. The number of nitrogens with one attached hydrogen (secondary N) is 2. The smallest absolute Gasteiger partial charge is 0.113 e. The first-order valence-corrected chi connectivity index (χ1v) is 6.10. The van der Waals surface area contributed by atoms with E-state index >= 15 is 0 Å². The average molecular weight is 235 g/mol. The standard InChI is InChI=1S/C15H13N3/c1-8-3-5-10-12(7-8)18-15-13(10)17-11-6-4-9(2)16-14(11)15/h3-7,16-17H,1-2H3. The predicted molar refractivity (Wildman–Crippen MR) is 74.9 cm³/mol. The van der Waals surface area contributed by atoms with E-state index in [1.165, 1.54) is 10.9 Å². The summed E-state index contributed by atoms with van der Waals surface area (Å²) in [5, 5.41) is 1.19. The first kappa shape index (κ1) is 9.71. The highest BCUT2D eigenvalue weighted by atomic mass is 14.9. The topological polar surface area (TPSA) is 44.5 Å². The summed E-state index contributed by atoms with van der Waals surface area (Å²) in [4.78, 5) is 11.6. The first-order chi connectivity index (χ1) is 8.72. The third-order valence-electron chi connectivity index (χ3n) is 3.48. The normalized spacial score (nSPS) is 11.9. The number of aromatic amines is 2. The second-order valence-electron chi connectivity index (χ2n) is 4.91. The van der Waals surface area contributed by atoms with Crippen molar-refractivity contribution in [3.8, 4) is 0 Å². The van der Waals surface area contributed by atoms with Gasteiger partial charge in [0.05, 0.1) is 22.1 Å². The van der Waals surface area contributed by atoms with Gasteiger partial charge in [-0.05, 0) is 37.6 Å². The van der Waals surface area contributed by atoms with Gasteiger partial charge in [0.1, 0.15) is 5.52 Å². The number of fused-ring (bicyclic) bond motifs is 5. The lowest BCUT2D eigenvalue weighted by molar-refractivity contribution is 1.26. The van der Waals surface area contributed by atoms with Crippen molar-refractivity contribution < 1.29 is 0 Å². The molecule has 3 heterocycles. The monoisotopic (exact) mass is 235 g/mol. The van der Waals surface area contributed by atoms with E-state index in [0.717, 1.165) is 33.3 Å². The zero-order chi connectivity index (χ0) is 12.3. The van der Waals surface area contributed by atoms with Crippen LogP contribution < -0.4 is 0 Å². The number of hydrogen-bond donors (Lipinski definition) is 2. The van der Waals surface area contributed by atoms with Crippen molar-refractivity contribution in [1.82, 2.24) is 15.0 Å². The molecule has 0 radical (unpaired) electrons. The molecule has 3 nitrogen and oxygen atoms in total. The van der Waals surface area contributed by atoms with Gasteiger partial charge in [0.25, 0.3) is 0 Å². The minimum absolute atomic E-state index is 1.04. The van der Waals surface area contributed by atoms with Crippen LogP contribution in [0.2, 0.25) is 0 Å². The number of hydrogen-bond acceptors (Lipinski definition) is 1. The van der Waals surface area contributed by atoms with Gasteiger partial charge in [-0.1, -0.05) is 12.1 Å². The van der Waals surface area contributed by atoms with Crippen LogP contribution in [-0.2, 0) is 0 Å². The highest BCUT2D eigenvalue weighted by molar-refractivity contribution is 6.15. The van der Waals surface area contributed by atoms with Crippen molar-refractivity contribution in [2.45, 2.75) is 13.8 Å². The molecule has 0 amide bonds. The SMILES string of the molecule is Cc1ccc2c(c1)nc1c3[nH]c(C)ccc3[nH]c21. The molecule has 0 aliphatic heterocycles. The molecule has 0 saturated carbocycles. The highest BCUT2D eigenvalue weighted by Crippen LogP contribution is 2.30. The molecule has 2 N–H and O–H groups in total. The van der Waals surface area contributed by atoms with Crippen LogP contribution in [0.3, 0.4) is 0 Å². The Balaban J connectivity index is 2.25. The number of aromatic nitrogens is 3. The molecule has 18 heavy (non-hydrogen) atoms. The van der Waals surface area contributed by atoms with Crippen LogP contribution in [0.15, 0.2) is 30.3 Å². The molecule has 0 aliphatic carbocycles. The number of benzene rings is 1. The molecular formula is C15H13N3. The maximum absolute atomic E-state index is 4.74. The van der Waals surface area contributed by atoms with E-state index in [4.69, 9.17) is 4.98 Å². The lowest BCUT2D eigenvalue weighted by Crippen LogP contribution is -1.80. The fraction of sp³-hybridized carbons (Fsp3) is 0.133. The Bertz CT molecular complexity index is 896. The van der Waals surface area contributed by atoms with Gasteiger partial charge >= 0.3 is 0 Å². The average Bonchev–Trinajstić information content (AvgIpc) is 2.84. The van der Waals surface area contributed by atoms with E-state index in [-0.39, 0.29) is 0 Å². The maximum atomic E-state index is 4.74. The number of aryl methyl sites for hydroxylation is 2. The summed E-state index contributed by atoms with van der Waals surface area (Å²) < 4.78 is 0. The van der Waals surface area contributed by atoms with Gasteiger partial charge in [0.15, 0.2) is 0 Å². The van der Waals surface area contributed by atoms with Crippen molar-refractivity contribution in [3.05, 3.63) is 41.6 Å². The van der Waals surface area contributed by atoms with E-state index in [0.29, 0.717) is 0 Å². The van der Waals surface area contributed by atoms with Crippen molar-refractivity contribution in [2.75, 3.05) is 0 Å². The van der Waals surface area contributed by atoms with Gasteiger partial charge in [-0.3, -0.25) is 0 Å². The Hall–Kier alpha value is -2.29. The van der Waals surface area contributed by atoms with E-state index in [1.807, 2.05) is 0 Å². The molecule has 4 aromatic rings. The molecule has 3 heteroatoms. The van der Waals surface area contributed by atoms with E-state index < -0.39 is 0 Å². The van der Waals surface area contributed by atoms with Crippen LogP contribution >= 0.6 is 0 Å². The first-order valence-electron chi connectivity index (χ1n) is 6.10. The largest absolute Gasteiger partial charge is 0.356 e. The Labute approximate surface area is 104 Å². The van der Waals surface area contributed by atoms with E-state index in [9.17, 15) is 0 Å². The van der Waals surface area contributed by atoms with Gasteiger partial charge in [-0.15, -0.1) is 0 Å². The Kier molecular flexibility index (Phi) is 1.69. The second-order valence-corrected chi connectivity index (χ2v) is 4.91. The van der Waals surface area contributed by atoms with Crippen LogP contribution in [0.5, 0.6) is 0 Å². The van der Waals surface area contributed by atoms with Gasteiger partial charge < -0.3 is 9.97 Å². The zero-order valence-corrected chi connectivity index (χ0v) is 10.3. The molecule has 1 aromatic carbocycles. The molecule has 0 bridgehead atoms. The molecule has 0 atom stereocenters. The minimum atomic E-state index is 1.04. The van der Waals surface area contributed by atoms with Crippen molar-refractivity contribution in [1.29, 1.82) is 0 Å². The highest BCUT2D eigenvalue weighted by Gasteiger charge is 2.12. The predicted octanol–water partition coefficient (Wildman–Crippen LogP) is 3.81. The lowest BCUT2D eigenvalue weighted by atomic mass is 10.2. The fourth-order valence-electron chi connectivity index (χ4n) is 2.58. The Morgan fingerprint density at radius 1 is 0.944 bits per heavy atom.